The van der Waals surface area contributed by atoms with Crippen molar-refractivity contribution in [1.82, 2.24) is 29.9 Å². The third kappa shape index (κ3) is 7.87. The van der Waals surface area contributed by atoms with Crippen LogP contribution in [-0.2, 0) is 6.54 Å². The van der Waals surface area contributed by atoms with Crippen molar-refractivity contribution in [2.45, 2.75) is 51.2 Å². The van der Waals surface area contributed by atoms with Crippen LogP contribution in [0.4, 0.5) is 4.39 Å². The first kappa shape index (κ1) is 32.8. The Morgan fingerprint density at radius 3 is 2.38 bits per heavy atom. The summed E-state index contributed by atoms with van der Waals surface area (Å²) in [5.74, 6) is -0.857. The lowest BCUT2D eigenvalue weighted by molar-refractivity contribution is 0.0888. The van der Waals surface area contributed by atoms with Gasteiger partial charge in [-0.3, -0.25) is 14.5 Å². The molecule has 5 aromatic rings. The summed E-state index contributed by atoms with van der Waals surface area (Å²) in [4.78, 5) is 36.9. The molecule has 48 heavy (non-hydrogen) atoms. The largest absolute Gasteiger partial charge is 0.438 e. The van der Waals surface area contributed by atoms with E-state index < -0.39 is 11.7 Å². The van der Waals surface area contributed by atoms with Gasteiger partial charge in [-0.05, 0) is 86.7 Å². The molecule has 2 amide bonds. The third-order valence-corrected chi connectivity index (χ3v) is 8.66. The number of aryl methyl sites for hydroxylation is 1. The lowest BCUT2D eigenvalue weighted by atomic mass is 9.91. The molecule has 2 aromatic carbocycles. The Bertz CT molecular complexity index is 1900. The average molecular weight is 651 g/mol. The number of hydrogen-bond donors (Lipinski definition) is 3. The fourth-order valence-corrected chi connectivity index (χ4v) is 6.05. The van der Waals surface area contributed by atoms with Gasteiger partial charge < -0.3 is 24.9 Å². The van der Waals surface area contributed by atoms with Gasteiger partial charge in [0.05, 0.1) is 12.8 Å². The van der Waals surface area contributed by atoms with Gasteiger partial charge in [-0.15, -0.1) is 0 Å². The van der Waals surface area contributed by atoms with E-state index in [0.717, 1.165) is 46.8 Å². The fourth-order valence-electron chi connectivity index (χ4n) is 6.05. The van der Waals surface area contributed by atoms with E-state index in [4.69, 9.17) is 9.84 Å². The first-order valence-corrected chi connectivity index (χ1v) is 16.1. The van der Waals surface area contributed by atoms with Crippen molar-refractivity contribution in [3.05, 3.63) is 114 Å². The Morgan fingerprint density at radius 2 is 1.67 bits per heavy atom. The van der Waals surface area contributed by atoms with Gasteiger partial charge in [0.1, 0.15) is 28.5 Å². The highest BCUT2D eigenvalue weighted by molar-refractivity contribution is 5.96. The minimum absolute atomic E-state index is 0.00863. The van der Waals surface area contributed by atoms with Crippen molar-refractivity contribution in [2.75, 3.05) is 20.2 Å². The second-order valence-corrected chi connectivity index (χ2v) is 12.3. The number of rotatable bonds is 11. The minimum Gasteiger partial charge on any atom is -0.438 e. The third-order valence-electron chi connectivity index (χ3n) is 8.66. The molecular formula is C37H39FN6O4. The second kappa shape index (κ2) is 14.7. The summed E-state index contributed by atoms with van der Waals surface area (Å²) in [6.07, 6.45) is 5.44. The number of aliphatic hydroxyl groups excluding tert-OH is 1. The minimum atomic E-state index is -0.639. The van der Waals surface area contributed by atoms with Crippen molar-refractivity contribution >= 4 is 17.5 Å². The number of nitrogens with zero attached hydrogens (tertiary/aromatic N) is 4. The zero-order valence-electron chi connectivity index (χ0n) is 27.0. The second-order valence-electron chi connectivity index (χ2n) is 12.3. The molecule has 3 N–H and O–H groups in total. The number of halogens is 1. The lowest BCUT2D eigenvalue weighted by Crippen LogP contribution is -2.44. The van der Waals surface area contributed by atoms with Gasteiger partial charge in [-0.25, -0.2) is 14.4 Å². The molecule has 0 bridgehead atoms. The molecule has 1 saturated carbocycles. The maximum atomic E-state index is 14.3. The van der Waals surface area contributed by atoms with Crippen LogP contribution < -0.4 is 15.4 Å². The number of fused-ring (bicyclic) bond motifs is 1. The number of likely N-dealkylation sites (N-methyl/N-ethyl adjacent to an activating group) is 1. The predicted octanol–water partition coefficient (Wildman–Crippen LogP) is 5.53. The van der Waals surface area contributed by atoms with Gasteiger partial charge in [0.15, 0.2) is 0 Å². The first-order valence-electron chi connectivity index (χ1n) is 16.1. The molecule has 3 heterocycles. The standard InChI is InChI=1S/C37H39FN6O4/c1-24-5-3-8-34-42-33(23-44(24)34)36(47)41-30-15-13-29(14-16-30)40-35(46)32-20-28(38)21-39-37(32)48-31-7-4-6-27(19-31)26-11-9-25(10-12-26)22-43(2)17-18-45/h3-12,19-21,23,29-30,45H,13-18,22H2,1-2H3,(H,40,46)(H,41,47). The summed E-state index contributed by atoms with van der Waals surface area (Å²) in [7, 11) is 1.96. The molecule has 1 aliphatic carbocycles. The highest BCUT2D eigenvalue weighted by atomic mass is 19.1. The van der Waals surface area contributed by atoms with Gasteiger partial charge >= 0.3 is 0 Å². The van der Waals surface area contributed by atoms with Gasteiger partial charge in [0.2, 0.25) is 5.88 Å². The first-order chi connectivity index (χ1) is 23.2. The molecule has 3 aromatic heterocycles. The van der Waals surface area contributed by atoms with Crippen LogP contribution in [0.1, 0.15) is 57.8 Å². The zero-order chi connectivity index (χ0) is 33.6. The van der Waals surface area contributed by atoms with Gasteiger partial charge in [0, 0.05) is 37.1 Å². The lowest BCUT2D eigenvalue weighted by Gasteiger charge is -2.29. The van der Waals surface area contributed by atoms with Crippen molar-refractivity contribution in [2.24, 2.45) is 0 Å². The van der Waals surface area contributed by atoms with Crippen molar-refractivity contribution in [1.29, 1.82) is 0 Å². The number of carbonyl (C=O) groups is 2. The highest BCUT2D eigenvalue weighted by Gasteiger charge is 2.26. The number of carbonyl (C=O) groups excluding carboxylic acids is 2. The summed E-state index contributed by atoms with van der Waals surface area (Å²) < 4.78 is 22.2. The van der Waals surface area contributed by atoms with E-state index in [1.165, 1.54) is 0 Å². The molecule has 0 saturated heterocycles. The number of pyridine rings is 2. The summed E-state index contributed by atoms with van der Waals surface area (Å²) in [5, 5.41) is 15.2. The molecule has 6 rings (SSSR count). The Kier molecular flexibility index (Phi) is 10.1. The van der Waals surface area contributed by atoms with E-state index in [-0.39, 0.29) is 36.0 Å². The molecule has 1 aliphatic rings. The van der Waals surface area contributed by atoms with Crippen molar-refractivity contribution < 1.29 is 23.8 Å². The van der Waals surface area contributed by atoms with E-state index in [1.807, 2.05) is 83.9 Å². The molecule has 248 valence electrons. The Balaban J connectivity index is 1.06. The Morgan fingerprint density at radius 1 is 0.958 bits per heavy atom. The number of hydrogen-bond acceptors (Lipinski definition) is 7. The fraction of sp³-hybridized carbons (Fsp3) is 0.297. The molecular weight excluding hydrogens is 611 g/mol. The van der Waals surface area contributed by atoms with Crippen LogP contribution in [0, 0.1) is 12.7 Å². The Hall–Kier alpha value is -5.13. The van der Waals surface area contributed by atoms with Crippen LogP contribution >= 0.6 is 0 Å². The number of nitrogens with one attached hydrogen (secondary N) is 2. The van der Waals surface area contributed by atoms with E-state index in [1.54, 1.807) is 12.3 Å². The van der Waals surface area contributed by atoms with E-state index >= 15 is 0 Å². The van der Waals surface area contributed by atoms with Crippen molar-refractivity contribution in [3.63, 3.8) is 0 Å². The smallest absolute Gasteiger partial charge is 0.271 e. The zero-order valence-corrected chi connectivity index (χ0v) is 27.0. The van der Waals surface area contributed by atoms with E-state index in [9.17, 15) is 14.0 Å². The number of benzene rings is 2. The number of aliphatic hydroxyl groups is 1. The molecule has 0 atom stereocenters. The predicted molar refractivity (Wildman–Crippen MR) is 180 cm³/mol. The molecule has 0 spiro atoms. The van der Waals surface area contributed by atoms with Gasteiger partial charge in [-0.1, -0.05) is 42.5 Å². The van der Waals surface area contributed by atoms with Gasteiger partial charge in [-0.2, -0.15) is 0 Å². The van der Waals surface area contributed by atoms with Crippen LogP contribution in [0.15, 0.2) is 85.2 Å². The number of ether oxygens (including phenoxy) is 1. The average Bonchev–Trinajstić information content (AvgIpc) is 3.53. The molecule has 10 nitrogen and oxygen atoms in total. The van der Waals surface area contributed by atoms with E-state index in [2.05, 4.69) is 20.6 Å². The number of aromatic nitrogens is 3. The summed E-state index contributed by atoms with van der Waals surface area (Å²) in [6.45, 7) is 3.40. The number of imidazole rings is 1. The van der Waals surface area contributed by atoms with Crippen LogP contribution in [0.5, 0.6) is 11.6 Å². The van der Waals surface area contributed by atoms with Gasteiger partial charge in [0.25, 0.3) is 11.8 Å². The highest BCUT2D eigenvalue weighted by Crippen LogP contribution is 2.29. The summed E-state index contributed by atoms with van der Waals surface area (Å²) in [5.41, 5.74) is 5.12. The van der Waals surface area contributed by atoms with Crippen LogP contribution in [0.2, 0.25) is 0 Å². The van der Waals surface area contributed by atoms with Crippen LogP contribution in [0.25, 0.3) is 16.8 Å². The molecule has 0 aliphatic heterocycles. The van der Waals surface area contributed by atoms with E-state index in [0.29, 0.717) is 43.7 Å². The SMILES string of the molecule is Cc1cccc2nc(C(=O)NC3CCC(NC(=O)c4cc(F)cnc4Oc4cccc(-c5ccc(CN(C)CCO)cc5)c4)CC3)cn12. The monoisotopic (exact) mass is 650 g/mol. The Labute approximate surface area is 278 Å². The number of amides is 2. The quantitative estimate of drug-likeness (QED) is 0.172. The normalized spacial score (nSPS) is 16.2. The summed E-state index contributed by atoms with van der Waals surface area (Å²) >= 11 is 0. The topological polar surface area (TPSA) is 121 Å². The van der Waals surface area contributed by atoms with Crippen molar-refractivity contribution in [3.8, 4) is 22.8 Å². The molecule has 1 fully saturated rings. The van der Waals surface area contributed by atoms with Crippen LogP contribution in [-0.4, -0.2) is 68.5 Å². The molecule has 11 heteroatoms. The maximum absolute atomic E-state index is 14.3. The summed E-state index contributed by atoms with van der Waals surface area (Å²) in [6, 6.07) is 22.2. The molecule has 0 unspecified atom stereocenters. The van der Waals surface area contributed by atoms with Crippen LogP contribution in [0.3, 0.4) is 0 Å². The maximum Gasteiger partial charge on any atom is 0.271 e. The molecule has 0 radical (unpaired) electrons.